The summed E-state index contributed by atoms with van der Waals surface area (Å²) in [6.45, 7) is 1.91. The van der Waals surface area contributed by atoms with Crippen LogP contribution in [0.2, 0.25) is 0 Å². The average Bonchev–Trinajstić information content (AvgIpc) is 2.67. The number of anilines is 2. The van der Waals surface area contributed by atoms with Crippen LogP contribution in [-0.4, -0.2) is 13.1 Å². The van der Waals surface area contributed by atoms with Crippen LogP contribution < -0.4 is 10.6 Å². The van der Waals surface area contributed by atoms with Gasteiger partial charge in [0.1, 0.15) is 0 Å². The smallest absolute Gasteiger partial charge is 0.0346 e. The van der Waals surface area contributed by atoms with Crippen molar-refractivity contribution in [2.75, 3.05) is 23.7 Å². The molecule has 0 aromatic heterocycles. The van der Waals surface area contributed by atoms with Crippen LogP contribution in [-0.2, 0) is 0 Å². The van der Waals surface area contributed by atoms with Gasteiger partial charge in [0.05, 0.1) is 0 Å². The van der Waals surface area contributed by atoms with Gasteiger partial charge in [0, 0.05) is 24.5 Å². The topological polar surface area (TPSA) is 24.1 Å². The van der Waals surface area contributed by atoms with Crippen molar-refractivity contribution >= 4 is 32.9 Å². The summed E-state index contributed by atoms with van der Waals surface area (Å²) in [7, 11) is 0. The number of nitrogens with one attached hydrogen (secondary N) is 2. The summed E-state index contributed by atoms with van der Waals surface area (Å²) < 4.78 is 0. The number of rotatable bonds is 6. The second-order valence-electron chi connectivity index (χ2n) is 6.33. The Morgan fingerprint density at radius 1 is 0.480 bits per heavy atom. The van der Waals surface area contributed by atoms with E-state index in [4.69, 9.17) is 0 Å². The van der Waals surface area contributed by atoms with Crippen molar-refractivity contribution in [3.8, 4) is 0 Å². The zero-order chi connectivity index (χ0) is 16.9. The predicted molar refractivity (Wildman–Crippen MR) is 109 cm³/mol. The molecular weight excluding hydrogens is 304 g/mol. The molecule has 0 heterocycles. The third-order valence-electron chi connectivity index (χ3n) is 4.51. The molecule has 0 unspecified atom stereocenters. The van der Waals surface area contributed by atoms with Crippen LogP contribution in [0.5, 0.6) is 0 Å². The quantitative estimate of drug-likeness (QED) is 0.431. The number of hydrogen-bond acceptors (Lipinski definition) is 2. The monoisotopic (exact) mass is 326 g/mol. The van der Waals surface area contributed by atoms with Gasteiger partial charge in [-0.15, -0.1) is 0 Å². The second-order valence-corrected chi connectivity index (χ2v) is 6.33. The first-order valence-electron chi connectivity index (χ1n) is 8.84. The molecule has 0 aliphatic carbocycles. The Morgan fingerprint density at radius 3 is 1.40 bits per heavy atom. The standard InChI is InChI=1S/C23H22N2/c1-3-8-20-16-22(12-10-18(20)6-1)24-14-5-15-25-23-13-11-19-7-2-4-9-21(19)17-23/h1-4,6-13,16-17,24-25H,5,14-15H2. The minimum atomic E-state index is 0.957. The molecule has 4 aromatic carbocycles. The zero-order valence-electron chi connectivity index (χ0n) is 14.2. The van der Waals surface area contributed by atoms with Crippen LogP contribution in [0.15, 0.2) is 84.9 Å². The Balaban J connectivity index is 1.28. The van der Waals surface area contributed by atoms with Crippen molar-refractivity contribution in [3.63, 3.8) is 0 Å². The summed E-state index contributed by atoms with van der Waals surface area (Å²) in [5, 5.41) is 12.2. The third kappa shape index (κ3) is 3.74. The number of hydrogen-bond donors (Lipinski definition) is 2. The molecule has 4 rings (SSSR count). The van der Waals surface area contributed by atoms with E-state index in [9.17, 15) is 0 Å². The zero-order valence-corrected chi connectivity index (χ0v) is 14.2. The van der Waals surface area contributed by atoms with E-state index >= 15 is 0 Å². The third-order valence-corrected chi connectivity index (χ3v) is 4.51. The van der Waals surface area contributed by atoms with Crippen molar-refractivity contribution in [2.45, 2.75) is 6.42 Å². The van der Waals surface area contributed by atoms with Gasteiger partial charge in [0.2, 0.25) is 0 Å². The van der Waals surface area contributed by atoms with Crippen LogP contribution in [0.25, 0.3) is 21.5 Å². The van der Waals surface area contributed by atoms with Gasteiger partial charge in [0.15, 0.2) is 0 Å². The van der Waals surface area contributed by atoms with E-state index in [-0.39, 0.29) is 0 Å². The average molecular weight is 326 g/mol. The molecule has 2 nitrogen and oxygen atoms in total. The second kappa shape index (κ2) is 7.27. The maximum absolute atomic E-state index is 3.51. The molecule has 0 bridgehead atoms. The SMILES string of the molecule is c1ccc2cc(NCCCNc3ccc4ccccc4c3)ccc2c1. The highest BCUT2D eigenvalue weighted by atomic mass is 14.9. The van der Waals surface area contributed by atoms with Gasteiger partial charge in [-0.05, 0) is 52.2 Å². The molecule has 0 radical (unpaired) electrons. The number of benzene rings is 4. The van der Waals surface area contributed by atoms with Crippen LogP contribution in [0.4, 0.5) is 11.4 Å². The van der Waals surface area contributed by atoms with E-state index in [1.165, 1.54) is 32.9 Å². The highest BCUT2D eigenvalue weighted by Crippen LogP contribution is 2.20. The molecule has 4 aromatic rings. The Bertz CT molecular complexity index is 910. The minimum absolute atomic E-state index is 0.957. The first-order valence-corrected chi connectivity index (χ1v) is 8.84. The fourth-order valence-electron chi connectivity index (χ4n) is 3.15. The first kappa shape index (κ1) is 15.5. The summed E-state index contributed by atoms with van der Waals surface area (Å²) in [5.74, 6) is 0. The van der Waals surface area contributed by atoms with Crippen molar-refractivity contribution in [3.05, 3.63) is 84.9 Å². The van der Waals surface area contributed by atoms with Gasteiger partial charge in [0.25, 0.3) is 0 Å². The largest absolute Gasteiger partial charge is 0.385 e. The molecular formula is C23H22N2. The molecule has 0 atom stereocenters. The van der Waals surface area contributed by atoms with Crippen molar-refractivity contribution in [1.29, 1.82) is 0 Å². The summed E-state index contributed by atoms with van der Waals surface area (Å²) in [4.78, 5) is 0. The normalized spacial score (nSPS) is 10.9. The van der Waals surface area contributed by atoms with Crippen molar-refractivity contribution in [1.82, 2.24) is 0 Å². The molecule has 0 amide bonds. The van der Waals surface area contributed by atoms with Gasteiger partial charge < -0.3 is 10.6 Å². The van der Waals surface area contributed by atoms with Crippen molar-refractivity contribution < 1.29 is 0 Å². The summed E-state index contributed by atoms with van der Waals surface area (Å²) in [6.07, 6.45) is 1.07. The van der Waals surface area contributed by atoms with Gasteiger partial charge >= 0.3 is 0 Å². The Kier molecular flexibility index (Phi) is 4.51. The van der Waals surface area contributed by atoms with Crippen LogP contribution in [0.3, 0.4) is 0 Å². The molecule has 0 fully saturated rings. The fourth-order valence-corrected chi connectivity index (χ4v) is 3.15. The molecule has 0 aliphatic heterocycles. The van der Waals surface area contributed by atoms with E-state index in [2.05, 4.69) is 95.6 Å². The van der Waals surface area contributed by atoms with Crippen LogP contribution in [0.1, 0.15) is 6.42 Å². The fraction of sp³-hybridized carbons (Fsp3) is 0.130. The predicted octanol–water partition coefficient (Wildman–Crippen LogP) is 5.91. The maximum atomic E-state index is 3.51. The summed E-state index contributed by atoms with van der Waals surface area (Å²) in [6, 6.07) is 30.0. The van der Waals surface area contributed by atoms with E-state index in [0.29, 0.717) is 0 Å². The van der Waals surface area contributed by atoms with Gasteiger partial charge in [-0.3, -0.25) is 0 Å². The van der Waals surface area contributed by atoms with Gasteiger partial charge in [-0.1, -0.05) is 60.7 Å². The molecule has 124 valence electrons. The first-order chi connectivity index (χ1) is 12.4. The highest BCUT2D eigenvalue weighted by molar-refractivity contribution is 5.86. The molecule has 2 N–H and O–H groups in total. The van der Waals surface area contributed by atoms with Crippen LogP contribution in [0, 0.1) is 0 Å². The van der Waals surface area contributed by atoms with Crippen molar-refractivity contribution in [2.24, 2.45) is 0 Å². The Morgan fingerprint density at radius 2 is 0.920 bits per heavy atom. The molecule has 25 heavy (non-hydrogen) atoms. The van der Waals surface area contributed by atoms with E-state index in [1.54, 1.807) is 0 Å². The maximum Gasteiger partial charge on any atom is 0.0346 e. The Hall–Kier alpha value is -3.00. The van der Waals surface area contributed by atoms with Crippen LogP contribution >= 0.6 is 0 Å². The summed E-state index contributed by atoms with van der Waals surface area (Å²) in [5.41, 5.74) is 2.37. The number of fused-ring (bicyclic) bond motifs is 2. The molecule has 0 saturated heterocycles. The van der Waals surface area contributed by atoms with Gasteiger partial charge in [-0.2, -0.15) is 0 Å². The lowest BCUT2D eigenvalue weighted by Gasteiger charge is -2.10. The van der Waals surface area contributed by atoms with E-state index < -0.39 is 0 Å². The highest BCUT2D eigenvalue weighted by Gasteiger charge is 1.97. The molecule has 0 saturated carbocycles. The molecule has 0 spiro atoms. The molecule has 0 aliphatic rings. The Labute approximate surface area is 148 Å². The lowest BCUT2D eigenvalue weighted by molar-refractivity contribution is 0.910. The lowest BCUT2D eigenvalue weighted by atomic mass is 10.1. The van der Waals surface area contributed by atoms with E-state index in [0.717, 1.165) is 19.5 Å². The molecule has 2 heteroatoms. The summed E-state index contributed by atoms with van der Waals surface area (Å²) >= 11 is 0. The van der Waals surface area contributed by atoms with E-state index in [1.807, 2.05) is 0 Å². The lowest BCUT2D eigenvalue weighted by Crippen LogP contribution is -2.09. The van der Waals surface area contributed by atoms with Gasteiger partial charge in [-0.25, -0.2) is 0 Å². The minimum Gasteiger partial charge on any atom is -0.385 e.